The topological polar surface area (TPSA) is 52.6 Å². The summed E-state index contributed by atoms with van der Waals surface area (Å²) in [7, 11) is 1.65. The second-order valence-electron chi connectivity index (χ2n) is 3.41. The Morgan fingerprint density at radius 1 is 1.62 bits per heavy atom. The van der Waals surface area contributed by atoms with Crippen LogP contribution in [0.1, 0.15) is 25.7 Å². The molecule has 0 bridgehead atoms. The van der Waals surface area contributed by atoms with Crippen molar-refractivity contribution in [3.63, 3.8) is 0 Å². The molecule has 0 aromatic carbocycles. The first-order valence-corrected chi connectivity index (χ1v) is 4.88. The van der Waals surface area contributed by atoms with Crippen LogP contribution in [0, 0.1) is 0 Å². The quantitative estimate of drug-likeness (QED) is 0.662. The zero-order chi connectivity index (χ0) is 9.68. The Labute approximate surface area is 78.9 Å². The van der Waals surface area contributed by atoms with Crippen molar-refractivity contribution in [2.45, 2.75) is 31.7 Å². The van der Waals surface area contributed by atoms with E-state index < -0.39 is 0 Å². The first-order chi connectivity index (χ1) is 6.29. The molecule has 1 heterocycles. The van der Waals surface area contributed by atoms with Gasteiger partial charge in [0.05, 0.1) is 0 Å². The van der Waals surface area contributed by atoms with Crippen molar-refractivity contribution in [3.8, 4) is 0 Å². The lowest BCUT2D eigenvalue weighted by atomic mass is 10.0. The molecule has 1 atom stereocenters. The van der Waals surface area contributed by atoms with Crippen LogP contribution in [0.25, 0.3) is 0 Å². The van der Waals surface area contributed by atoms with E-state index in [1.165, 1.54) is 0 Å². The first kappa shape index (κ1) is 10.3. The van der Waals surface area contributed by atoms with Crippen molar-refractivity contribution in [1.82, 2.24) is 10.2 Å². The minimum absolute atomic E-state index is 0.0156. The Hall–Kier alpha value is -0.770. The van der Waals surface area contributed by atoms with Crippen molar-refractivity contribution >= 4 is 6.03 Å². The van der Waals surface area contributed by atoms with E-state index in [0.29, 0.717) is 6.42 Å². The summed E-state index contributed by atoms with van der Waals surface area (Å²) in [4.78, 5) is 13.2. The number of carbonyl (C=O) groups is 1. The van der Waals surface area contributed by atoms with Crippen molar-refractivity contribution in [3.05, 3.63) is 0 Å². The molecule has 0 spiro atoms. The van der Waals surface area contributed by atoms with Gasteiger partial charge >= 0.3 is 6.03 Å². The van der Waals surface area contributed by atoms with Crippen LogP contribution in [-0.4, -0.2) is 42.3 Å². The number of hydrogen-bond donors (Lipinski definition) is 2. The third kappa shape index (κ3) is 2.59. The molecule has 4 heteroatoms. The molecule has 1 rings (SSSR count). The van der Waals surface area contributed by atoms with Gasteiger partial charge in [-0.15, -0.1) is 0 Å². The fourth-order valence-corrected chi connectivity index (χ4v) is 1.86. The van der Waals surface area contributed by atoms with E-state index in [1.807, 2.05) is 4.90 Å². The Balaban J connectivity index is 2.50. The SMILES string of the molecule is CNC(=O)N1CCCCC1CCO. The van der Waals surface area contributed by atoms with Crippen molar-refractivity contribution in [2.75, 3.05) is 20.2 Å². The van der Waals surface area contributed by atoms with Crippen LogP contribution >= 0.6 is 0 Å². The largest absolute Gasteiger partial charge is 0.396 e. The Kier molecular flexibility index (Phi) is 4.02. The molecular formula is C9H18N2O2. The van der Waals surface area contributed by atoms with Gasteiger partial charge in [0.25, 0.3) is 0 Å². The third-order valence-electron chi connectivity index (χ3n) is 2.56. The molecule has 0 aliphatic carbocycles. The number of aliphatic hydroxyl groups excluding tert-OH is 1. The summed E-state index contributed by atoms with van der Waals surface area (Å²) in [6.45, 7) is 0.989. The molecule has 2 amide bonds. The zero-order valence-corrected chi connectivity index (χ0v) is 8.12. The van der Waals surface area contributed by atoms with Gasteiger partial charge in [0.15, 0.2) is 0 Å². The maximum atomic E-state index is 11.4. The number of aliphatic hydroxyl groups is 1. The number of rotatable bonds is 2. The molecule has 1 saturated heterocycles. The standard InChI is InChI=1S/C9H18N2O2/c1-10-9(13)11-6-3-2-4-8(11)5-7-12/h8,12H,2-7H2,1H3,(H,10,13). The predicted octanol–water partition coefficient (Wildman–Crippen LogP) is 0.563. The van der Waals surface area contributed by atoms with Gasteiger partial charge in [-0.05, 0) is 25.7 Å². The van der Waals surface area contributed by atoms with Crippen LogP contribution < -0.4 is 5.32 Å². The maximum Gasteiger partial charge on any atom is 0.317 e. The molecule has 1 aliphatic rings. The summed E-state index contributed by atoms with van der Waals surface area (Å²) >= 11 is 0. The van der Waals surface area contributed by atoms with E-state index in [4.69, 9.17) is 5.11 Å². The monoisotopic (exact) mass is 186 g/mol. The highest BCUT2D eigenvalue weighted by Crippen LogP contribution is 2.19. The average molecular weight is 186 g/mol. The van der Waals surface area contributed by atoms with Crippen LogP contribution in [0.5, 0.6) is 0 Å². The van der Waals surface area contributed by atoms with Crippen molar-refractivity contribution in [2.24, 2.45) is 0 Å². The molecule has 1 aliphatic heterocycles. The Morgan fingerprint density at radius 2 is 2.38 bits per heavy atom. The van der Waals surface area contributed by atoms with E-state index >= 15 is 0 Å². The highest BCUT2D eigenvalue weighted by Gasteiger charge is 2.24. The summed E-state index contributed by atoms with van der Waals surface area (Å²) in [5, 5.41) is 11.5. The second-order valence-corrected chi connectivity index (χ2v) is 3.41. The molecule has 0 aromatic heterocycles. The molecule has 1 fully saturated rings. The smallest absolute Gasteiger partial charge is 0.317 e. The van der Waals surface area contributed by atoms with E-state index in [9.17, 15) is 4.79 Å². The van der Waals surface area contributed by atoms with Gasteiger partial charge in [-0.1, -0.05) is 0 Å². The van der Waals surface area contributed by atoms with E-state index in [1.54, 1.807) is 7.05 Å². The highest BCUT2D eigenvalue weighted by atomic mass is 16.3. The van der Waals surface area contributed by atoms with Crippen molar-refractivity contribution < 1.29 is 9.90 Å². The lowest BCUT2D eigenvalue weighted by Gasteiger charge is -2.35. The molecule has 0 saturated carbocycles. The lowest BCUT2D eigenvalue weighted by molar-refractivity contribution is 0.133. The number of hydrogen-bond acceptors (Lipinski definition) is 2. The van der Waals surface area contributed by atoms with Crippen LogP contribution in [0.3, 0.4) is 0 Å². The minimum atomic E-state index is -0.0156. The van der Waals surface area contributed by atoms with Gasteiger partial charge in [-0.3, -0.25) is 0 Å². The number of piperidine rings is 1. The van der Waals surface area contributed by atoms with Gasteiger partial charge in [0.1, 0.15) is 0 Å². The number of urea groups is 1. The fourth-order valence-electron chi connectivity index (χ4n) is 1.86. The Morgan fingerprint density at radius 3 is 3.00 bits per heavy atom. The summed E-state index contributed by atoms with van der Waals surface area (Å²) in [5.41, 5.74) is 0. The summed E-state index contributed by atoms with van der Waals surface area (Å²) < 4.78 is 0. The van der Waals surface area contributed by atoms with Gasteiger partial charge in [-0.2, -0.15) is 0 Å². The molecule has 4 nitrogen and oxygen atoms in total. The molecule has 76 valence electrons. The number of amides is 2. The molecule has 13 heavy (non-hydrogen) atoms. The van der Waals surface area contributed by atoms with Crippen molar-refractivity contribution in [1.29, 1.82) is 0 Å². The summed E-state index contributed by atoms with van der Waals surface area (Å²) in [6, 6.07) is 0.219. The molecule has 0 radical (unpaired) electrons. The van der Waals surface area contributed by atoms with Crippen LogP contribution in [0.4, 0.5) is 4.79 Å². The number of nitrogens with one attached hydrogen (secondary N) is 1. The number of likely N-dealkylation sites (tertiary alicyclic amines) is 1. The normalized spacial score (nSPS) is 22.9. The van der Waals surface area contributed by atoms with E-state index in [0.717, 1.165) is 25.8 Å². The number of carbonyl (C=O) groups excluding carboxylic acids is 1. The first-order valence-electron chi connectivity index (χ1n) is 4.88. The van der Waals surface area contributed by atoms with E-state index in [-0.39, 0.29) is 18.7 Å². The number of nitrogens with zero attached hydrogens (tertiary/aromatic N) is 1. The van der Waals surface area contributed by atoms with E-state index in [2.05, 4.69) is 5.32 Å². The zero-order valence-electron chi connectivity index (χ0n) is 8.12. The van der Waals surface area contributed by atoms with Crippen LogP contribution in [-0.2, 0) is 0 Å². The van der Waals surface area contributed by atoms with Crippen LogP contribution in [0.15, 0.2) is 0 Å². The Bertz CT molecular complexity index is 171. The third-order valence-corrected chi connectivity index (χ3v) is 2.56. The fraction of sp³-hybridized carbons (Fsp3) is 0.889. The lowest BCUT2D eigenvalue weighted by Crippen LogP contribution is -2.47. The molecule has 0 aromatic rings. The molecular weight excluding hydrogens is 168 g/mol. The highest BCUT2D eigenvalue weighted by molar-refractivity contribution is 5.74. The minimum Gasteiger partial charge on any atom is -0.396 e. The summed E-state index contributed by atoms with van der Waals surface area (Å²) in [6.07, 6.45) is 3.97. The van der Waals surface area contributed by atoms with Gasteiger partial charge in [-0.25, -0.2) is 4.79 Å². The molecule has 2 N–H and O–H groups in total. The molecule has 1 unspecified atom stereocenters. The maximum absolute atomic E-state index is 11.4. The summed E-state index contributed by atoms with van der Waals surface area (Å²) in [5.74, 6) is 0. The van der Waals surface area contributed by atoms with Gasteiger partial charge in [0.2, 0.25) is 0 Å². The average Bonchev–Trinajstić information content (AvgIpc) is 2.18. The van der Waals surface area contributed by atoms with Gasteiger partial charge in [0, 0.05) is 26.2 Å². The van der Waals surface area contributed by atoms with Crippen LogP contribution in [0.2, 0.25) is 0 Å². The van der Waals surface area contributed by atoms with Gasteiger partial charge < -0.3 is 15.3 Å². The predicted molar refractivity (Wildman–Crippen MR) is 50.5 cm³/mol. The second kappa shape index (κ2) is 5.07.